The van der Waals surface area contributed by atoms with Gasteiger partial charge < -0.3 is 5.43 Å². The van der Waals surface area contributed by atoms with Crippen LogP contribution in [-0.2, 0) is 14.8 Å². The van der Waals surface area contributed by atoms with Gasteiger partial charge in [0.25, 0.3) is 10.0 Å². The number of rotatable bonds is 5. The van der Waals surface area contributed by atoms with E-state index < -0.39 is 10.0 Å². The Balaban J connectivity index is 1.74. The van der Waals surface area contributed by atoms with Gasteiger partial charge in [0.2, 0.25) is 0 Å². The van der Waals surface area contributed by atoms with E-state index in [-0.39, 0.29) is 28.8 Å². The first-order valence-electron chi connectivity index (χ1n) is 8.58. The number of carbonyl (C=O) groups is 1. The van der Waals surface area contributed by atoms with Crippen LogP contribution in [0.3, 0.4) is 0 Å². The molecule has 3 rings (SSSR count). The molecule has 1 aliphatic carbocycles. The van der Waals surface area contributed by atoms with Crippen molar-refractivity contribution < 1.29 is 17.6 Å². The maximum atomic E-state index is 13.6. The van der Waals surface area contributed by atoms with Crippen LogP contribution in [0.15, 0.2) is 59.1 Å². The second-order valence-electron chi connectivity index (χ2n) is 6.79. The summed E-state index contributed by atoms with van der Waals surface area (Å²) in [6.45, 7) is 3.74. The standard InChI is InChI=1S/C20H21FN2O3S/c1-13-3-7-19(8-4-13)27(25,26)23-22-17-9-15(10-18(24)12-17)20-11-16(21)6-5-14(20)2/h3-8,11-12,15,22-23H,9-10H2,1-2H3. The molecular formula is C20H21FN2O3S. The summed E-state index contributed by atoms with van der Waals surface area (Å²) < 4.78 is 38.4. The summed E-state index contributed by atoms with van der Waals surface area (Å²) in [5.41, 5.74) is 5.72. The maximum Gasteiger partial charge on any atom is 0.257 e. The van der Waals surface area contributed by atoms with E-state index in [1.807, 2.05) is 13.8 Å². The molecule has 142 valence electrons. The van der Waals surface area contributed by atoms with Gasteiger partial charge in [-0.3, -0.25) is 4.79 Å². The van der Waals surface area contributed by atoms with Crippen LogP contribution >= 0.6 is 0 Å². The lowest BCUT2D eigenvalue weighted by Gasteiger charge is -2.24. The lowest BCUT2D eigenvalue weighted by atomic mass is 9.83. The molecule has 27 heavy (non-hydrogen) atoms. The summed E-state index contributed by atoms with van der Waals surface area (Å²) in [4.78, 5) is 14.5. The van der Waals surface area contributed by atoms with Crippen LogP contribution in [0.1, 0.15) is 35.4 Å². The number of sulfonamides is 1. The number of hydrazine groups is 1. The summed E-state index contributed by atoms with van der Waals surface area (Å²) in [5.74, 6) is -0.691. The van der Waals surface area contributed by atoms with Crippen LogP contribution in [0.4, 0.5) is 4.39 Å². The molecule has 0 fully saturated rings. The summed E-state index contributed by atoms with van der Waals surface area (Å²) in [7, 11) is -3.76. The van der Waals surface area contributed by atoms with Crippen LogP contribution in [0.2, 0.25) is 0 Å². The van der Waals surface area contributed by atoms with Gasteiger partial charge in [0.05, 0.1) is 4.90 Å². The zero-order valence-corrected chi connectivity index (χ0v) is 15.9. The molecule has 1 atom stereocenters. The van der Waals surface area contributed by atoms with Gasteiger partial charge in [-0.1, -0.05) is 23.8 Å². The molecule has 0 radical (unpaired) electrons. The van der Waals surface area contributed by atoms with Crippen molar-refractivity contribution in [3.63, 3.8) is 0 Å². The number of allylic oxidation sites excluding steroid dienone is 2. The SMILES string of the molecule is Cc1ccc(S(=O)(=O)NNC2=CC(=O)CC(c3cc(F)ccc3C)C2)cc1. The summed E-state index contributed by atoms with van der Waals surface area (Å²) >= 11 is 0. The number of halogens is 1. The Morgan fingerprint density at radius 3 is 2.44 bits per heavy atom. The summed E-state index contributed by atoms with van der Waals surface area (Å²) in [6, 6.07) is 10.9. The highest BCUT2D eigenvalue weighted by molar-refractivity contribution is 7.89. The number of nitrogens with one attached hydrogen (secondary N) is 2. The third kappa shape index (κ3) is 4.61. The first-order valence-corrected chi connectivity index (χ1v) is 10.1. The van der Waals surface area contributed by atoms with Gasteiger partial charge in [-0.05, 0) is 61.6 Å². The molecule has 2 aromatic rings. The molecule has 5 nitrogen and oxygen atoms in total. The van der Waals surface area contributed by atoms with Gasteiger partial charge in [-0.2, -0.15) is 0 Å². The van der Waals surface area contributed by atoms with Gasteiger partial charge in [-0.25, -0.2) is 12.8 Å². The molecule has 0 amide bonds. The smallest absolute Gasteiger partial charge is 0.257 e. The predicted molar refractivity (Wildman–Crippen MR) is 101 cm³/mol. The monoisotopic (exact) mass is 388 g/mol. The Kier molecular flexibility index (Phi) is 5.43. The molecule has 0 heterocycles. The molecule has 0 saturated carbocycles. The predicted octanol–water partition coefficient (Wildman–Crippen LogP) is 3.26. The fourth-order valence-electron chi connectivity index (χ4n) is 3.16. The molecule has 0 saturated heterocycles. The summed E-state index contributed by atoms with van der Waals surface area (Å²) in [5, 5.41) is 0. The molecule has 0 bridgehead atoms. The van der Waals surface area contributed by atoms with Crippen molar-refractivity contribution in [2.75, 3.05) is 0 Å². The van der Waals surface area contributed by atoms with Crippen LogP contribution in [0.5, 0.6) is 0 Å². The molecule has 0 aromatic heterocycles. The highest BCUT2D eigenvalue weighted by Crippen LogP contribution is 2.32. The Labute approximate surface area is 158 Å². The number of aryl methyl sites for hydroxylation is 2. The third-order valence-electron chi connectivity index (χ3n) is 4.61. The third-order valence-corrected chi connectivity index (χ3v) is 5.87. The first-order chi connectivity index (χ1) is 12.7. The molecule has 1 unspecified atom stereocenters. The lowest BCUT2D eigenvalue weighted by Crippen LogP contribution is -2.38. The highest BCUT2D eigenvalue weighted by atomic mass is 32.2. The lowest BCUT2D eigenvalue weighted by molar-refractivity contribution is -0.115. The fraction of sp³-hybridized carbons (Fsp3) is 0.250. The highest BCUT2D eigenvalue weighted by Gasteiger charge is 2.25. The van der Waals surface area contributed by atoms with Crippen molar-refractivity contribution in [1.82, 2.24) is 10.3 Å². The normalized spacial score (nSPS) is 17.5. The minimum Gasteiger partial charge on any atom is -0.312 e. The van der Waals surface area contributed by atoms with Crippen molar-refractivity contribution in [2.24, 2.45) is 0 Å². The largest absolute Gasteiger partial charge is 0.312 e. The second kappa shape index (κ2) is 7.62. The average Bonchev–Trinajstić information content (AvgIpc) is 2.62. The fourth-order valence-corrected chi connectivity index (χ4v) is 4.04. The van der Waals surface area contributed by atoms with Crippen LogP contribution in [0, 0.1) is 19.7 Å². The van der Waals surface area contributed by atoms with Gasteiger partial charge in [0, 0.05) is 18.2 Å². The molecule has 0 aliphatic heterocycles. The van der Waals surface area contributed by atoms with E-state index in [1.54, 1.807) is 18.2 Å². The molecule has 7 heteroatoms. The number of hydrogen-bond donors (Lipinski definition) is 2. The van der Waals surface area contributed by atoms with Gasteiger partial charge in [-0.15, -0.1) is 4.83 Å². The van der Waals surface area contributed by atoms with E-state index in [0.29, 0.717) is 12.1 Å². The van der Waals surface area contributed by atoms with E-state index >= 15 is 0 Å². The van der Waals surface area contributed by atoms with E-state index in [4.69, 9.17) is 0 Å². The van der Waals surface area contributed by atoms with Gasteiger partial charge in [0.15, 0.2) is 5.78 Å². The Hall–Kier alpha value is -2.51. The van der Waals surface area contributed by atoms with Crippen molar-refractivity contribution in [1.29, 1.82) is 0 Å². The zero-order chi connectivity index (χ0) is 19.6. The molecule has 1 aliphatic rings. The number of benzene rings is 2. The number of carbonyl (C=O) groups excluding carboxylic acids is 1. The van der Waals surface area contributed by atoms with E-state index in [1.165, 1.54) is 30.3 Å². The van der Waals surface area contributed by atoms with Crippen LogP contribution in [0.25, 0.3) is 0 Å². The van der Waals surface area contributed by atoms with Crippen molar-refractivity contribution in [2.45, 2.75) is 37.5 Å². The number of hydrogen-bond acceptors (Lipinski definition) is 4. The molecular weight excluding hydrogens is 367 g/mol. The first kappa shape index (κ1) is 19.3. The summed E-state index contributed by atoms with van der Waals surface area (Å²) in [6.07, 6.45) is 2.06. The second-order valence-corrected chi connectivity index (χ2v) is 8.47. The Morgan fingerprint density at radius 1 is 1.04 bits per heavy atom. The van der Waals surface area contributed by atoms with Gasteiger partial charge >= 0.3 is 0 Å². The number of ketones is 1. The minimum atomic E-state index is -3.76. The van der Waals surface area contributed by atoms with Crippen molar-refractivity contribution >= 4 is 15.8 Å². The average molecular weight is 388 g/mol. The van der Waals surface area contributed by atoms with Crippen LogP contribution < -0.4 is 10.3 Å². The van der Waals surface area contributed by atoms with E-state index in [2.05, 4.69) is 10.3 Å². The van der Waals surface area contributed by atoms with Crippen LogP contribution in [-0.4, -0.2) is 14.2 Å². The van der Waals surface area contributed by atoms with Crippen molar-refractivity contribution in [3.05, 3.63) is 76.7 Å². The maximum absolute atomic E-state index is 13.6. The van der Waals surface area contributed by atoms with E-state index in [9.17, 15) is 17.6 Å². The van der Waals surface area contributed by atoms with Crippen molar-refractivity contribution in [3.8, 4) is 0 Å². The molecule has 0 spiro atoms. The molecule has 2 aromatic carbocycles. The minimum absolute atomic E-state index is 0.126. The molecule has 2 N–H and O–H groups in total. The zero-order valence-electron chi connectivity index (χ0n) is 15.1. The topological polar surface area (TPSA) is 75.3 Å². The Bertz CT molecular complexity index is 998. The van der Waals surface area contributed by atoms with Gasteiger partial charge in [0.1, 0.15) is 5.82 Å². The quantitative estimate of drug-likeness (QED) is 0.771. The Morgan fingerprint density at radius 2 is 1.74 bits per heavy atom. The van der Waals surface area contributed by atoms with E-state index in [0.717, 1.165) is 16.7 Å².